The molecule has 0 unspecified atom stereocenters. The van der Waals surface area contributed by atoms with Gasteiger partial charge in [-0.25, -0.2) is 4.98 Å². The molecule has 2 aromatic heterocycles. The van der Waals surface area contributed by atoms with Crippen molar-refractivity contribution >= 4 is 11.3 Å². The second-order valence-electron chi connectivity index (χ2n) is 4.73. The molecule has 0 N–H and O–H groups in total. The zero-order valence-corrected chi connectivity index (χ0v) is 12.3. The third kappa shape index (κ3) is 2.31. The third-order valence-electron chi connectivity index (χ3n) is 3.36. The molecule has 0 radical (unpaired) electrons. The molecule has 2 aromatic carbocycles. The summed E-state index contributed by atoms with van der Waals surface area (Å²) in [7, 11) is 0. The van der Waals surface area contributed by atoms with Crippen LogP contribution < -0.4 is 0 Å². The summed E-state index contributed by atoms with van der Waals surface area (Å²) in [5.74, 6) is 0.645. The van der Waals surface area contributed by atoms with Crippen LogP contribution in [-0.2, 0) is 0 Å². The molecule has 0 aliphatic heterocycles. The van der Waals surface area contributed by atoms with Crippen LogP contribution in [0.2, 0.25) is 0 Å². The zero-order chi connectivity index (χ0) is 14.8. The Hall–Kier alpha value is -2.79. The molecule has 0 atom stereocenters. The highest BCUT2D eigenvalue weighted by atomic mass is 32.1. The topological polar surface area (TPSA) is 51.8 Å². The average molecular weight is 305 g/mol. The van der Waals surface area contributed by atoms with Crippen molar-refractivity contribution in [3.8, 4) is 33.2 Å². The van der Waals surface area contributed by atoms with E-state index in [1.165, 1.54) is 0 Å². The smallest absolute Gasteiger partial charge is 0.188 e. The first-order chi connectivity index (χ1) is 10.9. The third-order valence-corrected chi connectivity index (χ3v) is 4.23. The van der Waals surface area contributed by atoms with Gasteiger partial charge in [0.25, 0.3) is 0 Å². The first-order valence-corrected chi connectivity index (χ1v) is 7.68. The lowest BCUT2D eigenvalue weighted by atomic mass is 10.1. The number of nitrogens with zero attached hydrogens (tertiary/aromatic N) is 3. The Morgan fingerprint density at radius 3 is 2.41 bits per heavy atom. The fourth-order valence-corrected chi connectivity index (χ4v) is 3.18. The predicted molar refractivity (Wildman–Crippen MR) is 86.3 cm³/mol. The standard InChI is InChI=1S/C17H11N3OS/c1-2-6-12(7-3-1)15-11-22-17(19-15)14-9-5-4-8-13(14)16-10-18-20-21-16/h1-11H. The summed E-state index contributed by atoms with van der Waals surface area (Å²) in [5.41, 5.74) is 4.06. The van der Waals surface area contributed by atoms with Crippen LogP contribution in [0.25, 0.3) is 33.2 Å². The Bertz CT molecular complexity index is 885. The van der Waals surface area contributed by atoms with Gasteiger partial charge in [0.05, 0.1) is 11.9 Å². The van der Waals surface area contributed by atoms with Gasteiger partial charge in [0.1, 0.15) is 5.01 Å². The zero-order valence-electron chi connectivity index (χ0n) is 11.5. The van der Waals surface area contributed by atoms with Crippen molar-refractivity contribution in [2.24, 2.45) is 0 Å². The molecule has 0 spiro atoms. The molecule has 2 heterocycles. The minimum absolute atomic E-state index is 0.645. The molecule has 0 aliphatic rings. The minimum atomic E-state index is 0.645. The highest BCUT2D eigenvalue weighted by Crippen LogP contribution is 2.35. The molecule has 0 bridgehead atoms. The van der Waals surface area contributed by atoms with Crippen LogP contribution in [0.5, 0.6) is 0 Å². The Morgan fingerprint density at radius 2 is 1.64 bits per heavy atom. The Morgan fingerprint density at radius 1 is 0.864 bits per heavy atom. The van der Waals surface area contributed by atoms with Gasteiger partial charge >= 0.3 is 0 Å². The van der Waals surface area contributed by atoms with Crippen molar-refractivity contribution in [1.29, 1.82) is 0 Å². The first-order valence-electron chi connectivity index (χ1n) is 6.80. The summed E-state index contributed by atoms with van der Waals surface area (Å²) in [5, 5.41) is 10.3. The van der Waals surface area contributed by atoms with E-state index in [2.05, 4.69) is 27.9 Å². The van der Waals surface area contributed by atoms with Gasteiger partial charge in [-0.15, -0.1) is 16.4 Å². The Labute approximate surface area is 131 Å². The highest BCUT2D eigenvalue weighted by molar-refractivity contribution is 7.13. The van der Waals surface area contributed by atoms with Crippen LogP contribution in [-0.4, -0.2) is 15.4 Å². The molecule has 4 aromatic rings. The van der Waals surface area contributed by atoms with E-state index in [-0.39, 0.29) is 0 Å². The lowest BCUT2D eigenvalue weighted by molar-refractivity contribution is 0.404. The van der Waals surface area contributed by atoms with Gasteiger partial charge in [0.15, 0.2) is 5.76 Å². The molecule has 4 nitrogen and oxygen atoms in total. The molecule has 0 aliphatic carbocycles. The van der Waals surface area contributed by atoms with Gasteiger partial charge in [-0.3, -0.25) is 0 Å². The first kappa shape index (κ1) is 12.9. The molecule has 0 saturated heterocycles. The molecular weight excluding hydrogens is 294 g/mol. The number of aromatic nitrogens is 3. The van der Waals surface area contributed by atoms with Crippen molar-refractivity contribution in [2.45, 2.75) is 0 Å². The van der Waals surface area contributed by atoms with Crippen LogP contribution in [0, 0.1) is 0 Å². The van der Waals surface area contributed by atoms with Crippen LogP contribution >= 0.6 is 11.3 Å². The van der Waals surface area contributed by atoms with Crippen molar-refractivity contribution in [2.75, 3.05) is 0 Å². The number of rotatable bonds is 3. The van der Waals surface area contributed by atoms with E-state index in [1.54, 1.807) is 17.5 Å². The summed E-state index contributed by atoms with van der Waals surface area (Å²) in [6.45, 7) is 0. The fraction of sp³-hybridized carbons (Fsp3) is 0. The molecule has 22 heavy (non-hydrogen) atoms. The van der Waals surface area contributed by atoms with Gasteiger partial charge in [0, 0.05) is 27.3 Å². The summed E-state index contributed by atoms with van der Waals surface area (Å²) in [4.78, 5) is 4.76. The normalized spacial score (nSPS) is 10.7. The number of thiazole rings is 1. The van der Waals surface area contributed by atoms with E-state index < -0.39 is 0 Å². The maximum absolute atomic E-state index is 5.19. The number of hydrogen-bond acceptors (Lipinski definition) is 5. The second-order valence-corrected chi connectivity index (χ2v) is 5.59. The summed E-state index contributed by atoms with van der Waals surface area (Å²) in [6, 6.07) is 18.1. The van der Waals surface area contributed by atoms with E-state index in [9.17, 15) is 0 Å². The maximum Gasteiger partial charge on any atom is 0.188 e. The van der Waals surface area contributed by atoms with Gasteiger partial charge < -0.3 is 4.52 Å². The number of hydrogen-bond donors (Lipinski definition) is 0. The Kier molecular flexibility index (Phi) is 3.25. The van der Waals surface area contributed by atoms with Crippen LogP contribution in [0.3, 0.4) is 0 Å². The van der Waals surface area contributed by atoms with Crippen LogP contribution in [0.4, 0.5) is 0 Å². The highest BCUT2D eigenvalue weighted by Gasteiger charge is 2.13. The summed E-state index contributed by atoms with van der Waals surface area (Å²) in [6.07, 6.45) is 1.62. The van der Waals surface area contributed by atoms with Crippen molar-refractivity contribution < 1.29 is 4.52 Å². The summed E-state index contributed by atoms with van der Waals surface area (Å²) >= 11 is 1.62. The molecular formula is C17H11N3OS. The maximum atomic E-state index is 5.19. The van der Waals surface area contributed by atoms with Gasteiger partial charge in [-0.2, -0.15) is 0 Å². The van der Waals surface area contributed by atoms with E-state index in [4.69, 9.17) is 9.51 Å². The quantitative estimate of drug-likeness (QED) is 0.558. The molecule has 0 saturated carbocycles. The SMILES string of the molecule is c1ccc(-c2csc(-c3ccccc3-c3cnno3)n2)cc1. The largest absolute Gasteiger partial charge is 0.337 e. The van der Waals surface area contributed by atoms with Gasteiger partial charge in [-0.1, -0.05) is 54.6 Å². The van der Waals surface area contributed by atoms with Crippen LogP contribution in [0.15, 0.2) is 70.7 Å². The van der Waals surface area contributed by atoms with E-state index in [0.29, 0.717) is 5.76 Å². The predicted octanol–water partition coefficient (Wildman–Crippen LogP) is 4.53. The lowest BCUT2D eigenvalue weighted by Crippen LogP contribution is -1.83. The number of benzene rings is 2. The van der Waals surface area contributed by atoms with E-state index in [0.717, 1.165) is 27.4 Å². The van der Waals surface area contributed by atoms with E-state index >= 15 is 0 Å². The van der Waals surface area contributed by atoms with E-state index in [1.807, 2.05) is 42.5 Å². The van der Waals surface area contributed by atoms with Gasteiger partial charge in [0.2, 0.25) is 0 Å². The molecule has 106 valence electrons. The molecule has 0 amide bonds. The van der Waals surface area contributed by atoms with Crippen molar-refractivity contribution in [3.63, 3.8) is 0 Å². The molecule has 5 heteroatoms. The van der Waals surface area contributed by atoms with Gasteiger partial charge in [-0.05, 0) is 0 Å². The fourth-order valence-electron chi connectivity index (χ4n) is 2.31. The molecule has 0 fully saturated rings. The summed E-state index contributed by atoms with van der Waals surface area (Å²) < 4.78 is 5.19. The average Bonchev–Trinajstić information content (AvgIpc) is 3.28. The van der Waals surface area contributed by atoms with Crippen LogP contribution in [0.1, 0.15) is 0 Å². The van der Waals surface area contributed by atoms with Crippen molar-refractivity contribution in [1.82, 2.24) is 15.4 Å². The molecule has 4 rings (SSSR count). The monoisotopic (exact) mass is 305 g/mol. The van der Waals surface area contributed by atoms with Crippen molar-refractivity contribution in [3.05, 3.63) is 66.2 Å². The minimum Gasteiger partial charge on any atom is -0.337 e. The Balaban J connectivity index is 1.80. The lowest BCUT2D eigenvalue weighted by Gasteiger charge is -2.02. The second kappa shape index (κ2) is 5.54.